The van der Waals surface area contributed by atoms with E-state index in [1.807, 2.05) is 6.08 Å². The van der Waals surface area contributed by atoms with Crippen LogP contribution in [0.5, 0.6) is 0 Å². The number of hydrogen-bond acceptors (Lipinski definition) is 6. The lowest BCUT2D eigenvalue weighted by Gasteiger charge is -2.25. The van der Waals surface area contributed by atoms with E-state index in [-0.39, 0.29) is 6.61 Å². The molecule has 192 valence electrons. The molecule has 0 saturated carbocycles. The zero-order chi connectivity index (χ0) is 24.5. The van der Waals surface area contributed by atoms with Gasteiger partial charge in [-0.2, -0.15) is 0 Å². The van der Waals surface area contributed by atoms with E-state index in [1.54, 1.807) is 0 Å². The minimum atomic E-state index is -1.62. The largest absolute Gasteiger partial charge is 0.394 e. The van der Waals surface area contributed by atoms with Gasteiger partial charge in [0.2, 0.25) is 0 Å². The van der Waals surface area contributed by atoms with E-state index in [1.165, 1.54) is 50.5 Å². The first-order valence-electron chi connectivity index (χ1n) is 12.6. The van der Waals surface area contributed by atoms with Crippen molar-refractivity contribution in [2.45, 2.75) is 117 Å². The molecule has 6 heteroatoms. The van der Waals surface area contributed by atoms with Gasteiger partial charge in [-0.1, -0.05) is 84.3 Å². The van der Waals surface area contributed by atoms with Crippen LogP contribution in [0.1, 0.15) is 92.4 Å². The van der Waals surface area contributed by atoms with E-state index in [4.69, 9.17) is 9.84 Å². The Balaban J connectivity index is 3.87. The van der Waals surface area contributed by atoms with Crippen molar-refractivity contribution in [3.63, 3.8) is 0 Å². The second-order valence-electron chi connectivity index (χ2n) is 10.2. The highest BCUT2D eigenvalue weighted by atomic mass is 16.5. The Hall–Kier alpha value is -0.500. The van der Waals surface area contributed by atoms with Gasteiger partial charge in [0.15, 0.2) is 0 Å². The fourth-order valence-corrected chi connectivity index (χ4v) is 3.86. The van der Waals surface area contributed by atoms with Crippen LogP contribution in [0.2, 0.25) is 0 Å². The second-order valence-corrected chi connectivity index (χ2v) is 10.2. The summed E-state index contributed by atoms with van der Waals surface area (Å²) in [6, 6.07) is 0. The molecule has 0 aliphatic heterocycles. The molecule has 5 N–H and O–H groups in total. The summed E-state index contributed by atoms with van der Waals surface area (Å²) in [6.45, 7) is 10.9. The first-order valence-corrected chi connectivity index (χ1v) is 12.6. The van der Waals surface area contributed by atoms with Crippen molar-refractivity contribution in [2.75, 3.05) is 19.8 Å². The smallest absolute Gasteiger partial charge is 0.111 e. The molecule has 0 heterocycles. The molecule has 2 unspecified atom stereocenters. The van der Waals surface area contributed by atoms with Gasteiger partial charge in [0.05, 0.1) is 19.8 Å². The molecule has 0 aliphatic rings. The van der Waals surface area contributed by atoms with E-state index in [2.05, 4.69) is 34.6 Å². The van der Waals surface area contributed by atoms with Gasteiger partial charge in [-0.25, -0.2) is 0 Å². The average Bonchev–Trinajstić information content (AvgIpc) is 2.74. The first kappa shape index (κ1) is 31.5. The zero-order valence-electron chi connectivity index (χ0n) is 21.2. The fraction of sp³-hybridized carbons (Fsp3) is 0.923. The molecular formula is C26H52O6. The number of aliphatic hydroxyl groups is 5. The first-order chi connectivity index (χ1) is 15.1. The lowest BCUT2D eigenvalue weighted by molar-refractivity contribution is -0.127. The maximum absolute atomic E-state index is 9.82. The minimum absolute atomic E-state index is 0.160. The normalized spacial score (nSPS) is 18.4. The predicted octanol–water partition coefficient (Wildman–Crippen LogP) is 3.82. The zero-order valence-corrected chi connectivity index (χ0v) is 21.2. The maximum atomic E-state index is 9.82. The quantitative estimate of drug-likeness (QED) is 0.140. The Bertz CT molecular complexity index is 467. The van der Waals surface area contributed by atoms with Crippen molar-refractivity contribution in [3.05, 3.63) is 11.6 Å². The summed E-state index contributed by atoms with van der Waals surface area (Å²) < 4.78 is 5.35. The Labute approximate surface area is 196 Å². The summed E-state index contributed by atoms with van der Waals surface area (Å²) in [5, 5.41) is 47.2. The van der Waals surface area contributed by atoms with Crippen LogP contribution >= 0.6 is 0 Å². The monoisotopic (exact) mass is 460 g/mol. The van der Waals surface area contributed by atoms with Gasteiger partial charge in [-0.3, -0.25) is 0 Å². The summed E-state index contributed by atoms with van der Waals surface area (Å²) in [5.74, 6) is 2.41. The number of aliphatic hydroxyl groups excluding tert-OH is 5. The van der Waals surface area contributed by atoms with Gasteiger partial charge in [-0.15, -0.1) is 0 Å². The van der Waals surface area contributed by atoms with Crippen LogP contribution in [0.3, 0.4) is 0 Å². The van der Waals surface area contributed by atoms with Crippen LogP contribution in [-0.4, -0.2) is 69.8 Å². The van der Waals surface area contributed by atoms with Crippen molar-refractivity contribution in [3.8, 4) is 0 Å². The molecule has 0 aromatic rings. The summed E-state index contributed by atoms with van der Waals surface area (Å²) in [5.41, 5.74) is 1.24. The molecule has 0 radical (unpaired) electrons. The van der Waals surface area contributed by atoms with Crippen molar-refractivity contribution in [2.24, 2.45) is 17.8 Å². The van der Waals surface area contributed by atoms with Crippen LogP contribution in [0.4, 0.5) is 0 Å². The van der Waals surface area contributed by atoms with Crippen molar-refractivity contribution in [1.29, 1.82) is 0 Å². The Kier molecular flexibility index (Phi) is 18.6. The third-order valence-corrected chi connectivity index (χ3v) is 6.30. The number of hydrogen-bond donors (Lipinski definition) is 5. The SMILES string of the molecule is C/C(=C\COC[C@@H](O)[C@H](O)[C@@H](O)[C@@H](O)CO)CCCC(C)CCCC(C)CCCC(C)C. The van der Waals surface area contributed by atoms with Crippen molar-refractivity contribution in [1.82, 2.24) is 0 Å². The molecule has 0 amide bonds. The molecule has 0 rings (SSSR count). The van der Waals surface area contributed by atoms with Crippen LogP contribution < -0.4 is 0 Å². The van der Waals surface area contributed by atoms with E-state index in [9.17, 15) is 20.4 Å². The fourth-order valence-electron chi connectivity index (χ4n) is 3.86. The highest BCUT2D eigenvalue weighted by Crippen LogP contribution is 2.22. The lowest BCUT2D eigenvalue weighted by Crippen LogP contribution is -2.47. The second kappa shape index (κ2) is 18.9. The van der Waals surface area contributed by atoms with Crippen LogP contribution in [0.25, 0.3) is 0 Å². The van der Waals surface area contributed by atoms with Crippen LogP contribution in [0.15, 0.2) is 11.6 Å². The average molecular weight is 461 g/mol. The summed E-state index contributed by atoms with van der Waals surface area (Å²) in [6.07, 6.45) is 7.38. The maximum Gasteiger partial charge on any atom is 0.111 e. The Morgan fingerprint density at radius 2 is 1.25 bits per heavy atom. The molecule has 0 bridgehead atoms. The molecule has 0 aromatic carbocycles. The predicted molar refractivity (Wildman–Crippen MR) is 130 cm³/mol. The molecule has 6 atom stereocenters. The van der Waals surface area contributed by atoms with E-state index in [0.717, 1.165) is 30.6 Å². The van der Waals surface area contributed by atoms with E-state index >= 15 is 0 Å². The van der Waals surface area contributed by atoms with Gasteiger partial charge in [0.25, 0.3) is 0 Å². The topological polar surface area (TPSA) is 110 Å². The Morgan fingerprint density at radius 1 is 0.750 bits per heavy atom. The van der Waals surface area contributed by atoms with Gasteiger partial charge in [-0.05, 0) is 37.5 Å². The van der Waals surface area contributed by atoms with Crippen molar-refractivity contribution >= 4 is 0 Å². The van der Waals surface area contributed by atoms with Crippen LogP contribution in [-0.2, 0) is 4.74 Å². The molecule has 32 heavy (non-hydrogen) atoms. The molecule has 0 aromatic heterocycles. The van der Waals surface area contributed by atoms with Crippen LogP contribution in [0, 0.1) is 17.8 Å². The summed E-state index contributed by atoms with van der Waals surface area (Å²) >= 11 is 0. The van der Waals surface area contributed by atoms with Gasteiger partial charge < -0.3 is 30.3 Å². The highest BCUT2D eigenvalue weighted by molar-refractivity contribution is 4.97. The molecule has 0 aliphatic carbocycles. The van der Waals surface area contributed by atoms with Gasteiger partial charge in [0.1, 0.15) is 24.4 Å². The third-order valence-electron chi connectivity index (χ3n) is 6.30. The number of ether oxygens (including phenoxy) is 1. The van der Waals surface area contributed by atoms with Crippen molar-refractivity contribution < 1.29 is 30.3 Å². The van der Waals surface area contributed by atoms with Gasteiger partial charge >= 0.3 is 0 Å². The highest BCUT2D eigenvalue weighted by Gasteiger charge is 2.29. The van der Waals surface area contributed by atoms with E-state index < -0.39 is 31.0 Å². The number of rotatable bonds is 20. The molecule has 0 fully saturated rings. The Morgan fingerprint density at radius 3 is 1.78 bits per heavy atom. The molecule has 0 saturated heterocycles. The standard InChI is InChI=1S/C26H52O6/c1-19(2)9-6-10-20(3)11-7-12-21(4)13-8-14-22(5)15-16-32-18-24(29)26(31)25(30)23(28)17-27/h15,19-21,23-31H,6-14,16-18H2,1-5H3/b22-15+/t20?,21?,23-,24+,25-,26-/m0/s1. The summed E-state index contributed by atoms with van der Waals surface area (Å²) in [7, 11) is 0. The summed E-state index contributed by atoms with van der Waals surface area (Å²) in [4.78, 5) is 0. The van der Waals surface area contributed by atoms with Gasteiger partial charge in [0, 0.05) is 0 Å². The molecular weight excluding hydrogens is 408 g/mol. The lowest BCUT2D eigenvalue weighted by atomic mass is 9.91. The molecule has 0 spiro atoms. The molecule has 6 nitrogen and oxygen atoms in total. The third kappa shape index (κ3) is 16.2. The number of allylic oxidation sites excluding steroid dienone is 1. The minimum Gasteiger partial charge on any atom is -0.394 e. The van der Waals surface area contributed by atoms with E-state index in [0.29, 0.717) is 6.61 Å².